The molecule has 0 fully saturated rings. The van der Waals surface area contributed by atoms with Crippen LogP contribution in [0.3, 0.4) is 0 Å². The van der Waals surface area contributed by atoms with E-state index in [2.05, 4.69) is 63.8 Å². The molecule has 0 saturated heterocycles. The lowest BCUT2D eigenvalue weighted by Crippen LogP contribution is -2.03. The van der Waals surface area contributed by atoms with Crippen molar-refractivity contribution in [2.24, 2.45) is 4.99 Å². The first kappa shape index (κ1) is 16.4. The maximum Gasteiger partial charge on any atom is 0.137 e. The van der Waals surface area contributed by atoms with Crippen LogP contribution in [0.4, 0.5) is 0 Å². The van der Waals surface area contributed by atoms with E-state index in [1.807, 2.05) is 30.0 Å². The number of aliphatic imine (C=N–C) groups is 1. The third-order valence-corrected chi connectivity index (χ3v) is 4.93. The molecule has 0 unspecified atom stereocenters. The number of aromatic nitrogens is 5. The summed E-state index contributed by atoms with van der Waals surface area (Å²) in [5, 5.41) is 8.87. The first-order valence-electron chi connectivity index (χ1n) is 8.89. The number of allylic oxidation sites excluding steroid dienone is 4. The summed E-state index contributed by atoms with van der Waals surface area (Å²) in [6, 6.07) is 4.11. The van der Waals surface area contributed by atoms with Crippen molar-refractivity contribution < 1.29 is 0 Å². The number of hydrogen-bond donors (Lipinski definition) is 0. The molecule has 0 atom stereocenters. The second-order valence-electron chi connectivity index (χ2n) is 6.52. The second-order valence-corrected chi connectivity index (χ2v) is 6.52. The normalized spacial score (nSPS) is 14.5. The van der Waals surface area contributed by atoms with Gasteiger partial charge in [-0.1, -0.05) is 18.2 Å². The number of nitrogens with zero attached hydrogens (tertiary/aromatic N) is 6. The summed E-state index contributed by atoms with van der Waals surface area (Å²) in [5.74, 6) is 0. The Morgan fingerprint density at radius 1 is 1.12 bits per heavy atom. The molecular formula is C20H22N6. The molecule has 0 bridgehead atoms. The van der Waals surface area contributed by atoms with Crippen molar-refractivity contribution in [2.75, 3.05) is 0 Å². The van der Waals surface area contributed by atoms with Gasteiger partial charge in [-0.25, -0.2) is 9.67 Å². The minimum atomic E-state index is 0.787. The van der Waals surface area contributed by atoms with Crippen LogP contribution in [0.25, 0.3) is 22.6 Å². The van der Waals surface area contributed by atoms with Gasteiger partial charge < -0.3 is 4.40 Å². The summed E-state index contributed by atoms with van der Waals surface area (Å²) >= 11 is 0. The van der Waals surface area contributed by atoms with E-state index in [9.17, 15) is 0 Å². The smallest absolute Gasteiger partial charge is 0.137 e. The highest BCUT2D eigenvalue weighted by atomic mass is 15.4. The quantitative estimate of drug-likeness (QED) is 0.720. The number of aryl methyl sites for hydroxylation is 2. The van der Waals surface area contributed by atoms with Crippen LogP contribution in [0, 0.1) is 13.8 Å². The summed E-state index contributed by atoms with van der Waals surface area (Å²) in [6.45, 7) is 8.30. The molecule has 4 rings (SSSR count). The Bertz CT molecular complexity index is 1080. The second kappa shape index (κ2) is 6.37. The van der Waals surface area contributed by atoms with Gasteiger partial charge in [0, 0.05) is 30.1 Å². The number of imidazole rings is 1. The van der Waals surface area contributed by atoms with Crippen molar-refractivity contribution in [1.82, 2.24) is 24.4 Å². The van der Waals surface area contributed by atoms with E-state index < -0.39 is 0 Å². The first-order valence-corrected chi connectivity index (χ1v) is 8.89. The molecule has 3 aromatic rings. The third-order valence-electron chi connectivity index (χ3n) is 4.93. The molecule has 0 aliphatic carbocycles. The molecule has 1 aliphatic rings. The Morgan fingerprint density at radius 2 is 1.96 bits per heavy atom. The summed E-state index contributed by atoms with van der Waals surface area (Å²) in [5.41, 5.74) is 8.23. The molecule has 0 saturated carbocycles. The molecule has 4 heterocycles. The highest BCUT2D eigenvalue weighted by Crippen LogP contribution is 2.27. The lowest BCUT2D eigenvalue weighted by molar-refractivity contribution is 0.780. The zero-order valence-corrected chi connectivity index (χ0v) is 15.6. The molecule has 0 radical (unpaired) electrons. The molecule has 6 nitrogen and oxygen atoms in total. The van der Waals surface area contributed by atoms with Crippen molar-refractivity contribution >= 4 is 17.6 Å². The Morgan fingerprint density at radius 3 is 2.77 bits per heavy atom. The van der Waals surface area contributed by atoms with Crippen LogP contribution in [0.15, 0.2) is 41.2 Å². The lowest BCUT2D eigenvalue weighted by atomic mass is 10.1. The van der Waals surface area contributed by atoms with E-state index in [4.69, 9.17) is 0 Å². The van der Waals surface area contributed by atoms with Gasteiger partial charge in [-0.3, -0.25) is 4.99 Å². The van der Waals surface area contributed by atoms with Gasteiger partial charge in [0.05, 0.1) is 22.8 Å². The minimum Gasteiger partial charge on any atom is -0.303 e. The van der Waals surface area contributed by atoms with E-state index in [0.717, 1.165) is 52.5 Å². The fourth-order valence-electron chi connectivity index (χ4n) is 3.40. The van der Waals surface area contributed by atoms with Crippen LogP contribution in [-0.4, -0.2) is 30.6 Å². The Hall–Kier alpha value is -3.02. The first-order chi connectivity index (χ1) is 12.6. The zero-order chi connectivity index (χ0) is 18.3. The lowest BCUT2D eigenvalue weighted by Gasteiger charge is -2.08. The number of hydrogen-bond acceptors (Lipinski definition) is 4. The average Bonchev–Trinajstić information content (AvgIpc) is 3.09. The van der Waals surface area contributed by atoms with Crippen molar-refractivity contribution in [1.29, 1.82) is 0 Å². The van der Waals surface area contributed by atoms with Crippen LogP contribution in [0.1, 0.15) is 37.4 Å². The zero-order valence-electron chi connectivity index (χ0n) is 15.6. The predicted molar refractivity (Wildman–Crippen MR) is 104 cm³/mol. The largest absolute Gasteiger partial charge is 0.303 e. The molecule has 6 heteroatoms. The Labute approximate surface area is 152 Å². The molecule has 26 heavy (non-hydrogen) atoms. The topological polar surface area (TPSA) is 60.4 Å². The van der Waals surface area contributed by atoms with Gasteiger partial charge in [-0.2, -0.15) is 0 Å². The maximum atomic E-state index is 4.68. The van der Waals surface area contributed by atoms with Crippen molar-refractivity contribution in [2.45, 2.75) is 40.5 Å². The van der Waals surface area contributed by atoms with Gasteiger partial charge in [-0.05, 0) is 45.4 Å². The highest BCUT2D eigenvalue weighted by Gasteiger charge is 2.16. The Balaban J connectivity index is 1.81. The summed E-state index contributed by atoms with van der Waals surface area (Å²) in [6.07, 6.45) is 9.68. The fourth-order valence-corrected chi connectivity index (χ4v) is 3.40. The third kappa shape index (κ3) is 2.58. The Kier molecular flexibility index (Phi) is 4.03. The van der Waals surface area contributed by atoms with Crippen LogP contribution in [-0.2, 0) is 6.42 Å². The summed E-state index contributed by atoms with van der Waals surface area (Å²) in [7, 11) is 0. The highest BCUT2D eigenvalue weighted by molar-refractivity contribution is 5.75. The van der Waals surface area contributed by atoms with Gasteiger partial charge in [0.15, 0.2) is 0 Å². The molecule has 0 aromatic carbocycles. The van der Waals surface area contributed by atoms with E-state index in [0.29, 0.717) is 0 Å². The molecule has 132 valence electrons. The molecular weight excluding hydrogens is 324 g/mol. The number of rotatable bonds is 3. The van der Waals surface area contributed by atoms with Gasteiger partial charge in [0.1, 0.15) is 11.3 Å². The van der Waals surface area contributed by atoms with E-state index in [1.54, 1.807) is 0 Å². The molecule has 0 amide bonds. The van der Waals surface area contributed by atoms with E-state index in [1.165, 1.54) is 5.69 Å². The predicted octanol–water partition coefficient (Wildman–Crippen LogP) is 3.99. The number of fused-ring (bicyclic) bond motifs is 1. The summed E-state index contributed by atoms with van der Waals surface area (Å²) < 4.78 is 4.04. The number of pyridine rings is 1. The molecule has 0 N–H and O–H groups in total. The summed E-state index contributed by atoms with van der Waals surface area (Å²) in [4.78, 5) is 9.11. The van der Waals surface area contributed by atoms with Gasteiger partial charge in [-0.15, -0.1) is 5.10 Å². The van der Waals surface area contributed by atoms with E-state index >= 15 is 0 Å². The monoisotopic (exact) mass is 346 g/mol. The van der Waals surface area contributed by atoms with Gasteiger partial charge in [0.2, 0.25) is 0 Å². The molecule has 3 aromatic heterocycles. The van der Waals surface area contributed by atoms with Crippen molar-refractivity contribution in [3.8, 4) is 11.3 Å². The van der Waals surface area contributed by atoms with Crippen molar-refractivity contribution in [3.05, 3.63) is 53.3 Å². The van der Waals surface area contributed by atoms with Crippen LogP contribution in [0.5, 0.6) is 0 Å². The minimum absolute atomic E-state index is 0.787. The fraction of sp³-hybridized carbons (Fsp3) is 0.300. The SMILES string of the molecule is CCc1nc2ccc(-c3nnn(C4=C(C)N=CC=CC4)c3C)cn2c1C. The maximum absolute atomic E-state index is 4.68. The van der Waals surface area contributed by atoms with Gasteiger partial charge >= 0.3 is 0 Å². The van der Waals surface area contributed by atoms with Gasteiger partial charge in [0.25, 0.3) is 0 Å². The van der Waals surface area contributed by atoms with Crippen LogP contribution < -0.4 is 0 Å². The molecule has 0 spiro atoms. The standard InChI is InChI=1S/C20H22N6/c1-5-17-14(3)25-12-16(9-10-19(25)22-17)20-15(4)26(24-23-20)18-8-6-7-11-21-13(18)2/h6-7,9-12H,5,8H2,1-4H3. The van der Waals surface area contributed by atoms with Crippen LogP contribution >= 0.6 is 0 Å². The van der Waals surface area contributed by atoms with Crippen LogP contribution in [0.2, 0.25) is 0 Å². The molecule has 1 aliphatic heterocycles. The average molecular weight is 346 g/mol. The van der Waals surface area contributed by atoms with E-state index in [-0.39, 0.29) is 0 Å². The van der Waals surface area contributed by atoms with Crippen molar-refractivity contribution in [3.63, 3.8) is 0 Å².